The lowest BCUT2D eigenvalue weighted by Gasteiger charge is -2.03. The molecule has 1 aliphatic carbocycles. The number of hydrogen-bond donors (Lipinski definition) is 0. The molecule has 78 valence electrons. The summed E-state index contributed by atoms with van der Waals surface area (Å²) in [7, 11) is 0. The first-order chi connectivity index (χ1) is 6.84. The van der Waals surface area contributed by atoms with Crippen LogP contribution >= 0.6 is 0 Å². The van der Waals surface area contributed by atoms with Crippen LogP contribution in [0.15, 0.2) is 24.3 Å². The minimum atomic E-state index is -0.233. The van der Waals surface area contributed by atoms with Crippen molar-refractivity contribution in [2.45, 2.75) is 26.7 Å². The quantitative estimate of drug-likeness (QED) is 0.717. The second-order valence-electron chi connectivity index (χ2n) is 3.21. The smallest absolute Gasteiger partial charge is 0.126 e. The van der Waals surface area contributed by atoms with Crippen LogP contribution in [-0.2, 0) is 0 Å². The van der Waals surface area contributed by atoms with Crippen molar-refractivity contribution in [3.05, 3.63) is 30.1 Å². The van der Waals surface area contributed by atoms with Gasteiger partial charge in [-0.05, 0) is 30.9 Å². The molecule has 2 heteroatoms. The summed E-state index contributed by atoms with van der Waals surface area (Å²) in [6.45, 7) is 4.74. The fraction of sp³-hybridized carbons (Fsp3) is 0.500. The van der Waals surface area contributed by atoms with Crippen LogP contribution in [0.2, 0.25) is 0 Å². The molecular weight excluding hydrogens is 179 g/mol. The molecule has 0 N–H and O–H groups in total. The summed E-state index contributed by atoms with van der Waals surface area (Å²) in [4.78, 5) is 0. The van der Waals surface area contributed by atoms with Crippen LogP contribution in [-0.4, -0.2) is 6.61 Å². The first kappa shape index (κ1) is 11.0. The number of ether oxygens (including phenoxy) is 1. The number of rotatable bonds is 3. The van der Waals surface area contributed by atoms with Gasteiger partial charge in [0.25, 0.3) is 0 Å². The zero-order valence-corrected chi connectivity index (χ0v) is 8.79. The third-order valence-corrected chi connectivity index (χ3v) is 1.98. The topological polar surface area (TPSA) is 9.23 Å². The third kappa shape index (κ3) is 3.77. The average Bonchev–Trinajstić information content (AvgIpc) is 3.02. The van der Waals surface area contributed by atoms with Crippen molar-refractivity contribution >= 4 is 0 Å². The second-order valence-corrected chi connectivity index (χ2v) is 3.21. The molecule has 0 spiro atoms. The van der Waals surface area contributed by atoms with E-state index < -0.39 is 0 Å². The van der Waals surface area contributed by atoms with Gasteiger partial charge in [0.1, 0.15) is 11.6 Å². The van der Waals surface area contributed by atoms with Gasteiger partial charge < -0.3 is 4.74 Å². The third-order valence-electron chi connectivity index (χ3n) is 1.98. The van der Waals surface area contributed by atoms with Gasteiger partial charge in [-0.25, -0.2) is 4.39 Å². The Kier molecular flexibility index (Phi) is 4.44. The van der Waals surface area contributed by atoms with Crippen molar-refractivity contribution in [1.82, 2.24) is 0 Å². The first-order valence-electron chi connectivity index (χ1n) is 5.23. The van der Waals surface area contributed by atoms with Crippen LogP contribution in [0.25, 0.3) is 0 Å². The van der Waals surface area contributed by atoms with Crippen LogP contribution in [0.4, 0.5) is 4.39 Å². The van der Waals surface area contributed by atoms with Crippen LogP contribution in [0, 0.1) is 11.7 Å². The van der Waals surface area contributed by atoms with Crippen LogP contribution in [0.1, 0.15) is 26.7 Å². The Balaban J connectivity index is 0.000000461. The lowest BCUT2D eigenvalue weighted by Crippen LogP contribution is -1.98. The Bertz CT molecular complexity index is 269. The van der Waals surface area contributed by atoms with Gasteiger partial charge in [-0.1, -0.05) is 19.9 Å². The van der Waals surface area contributed by atoms with Gasteiger partial charge >= 0.3 is 0 Å². The highest BCUT2D eigenvalue weighted by Crippen LogP contribution is 2.29. The van der Waals surface area contributed by atoms with E-state index in [-0.39, 0.29) is 5.82 Å². The molecule has 0 aromatic heterocycles. The summed E-state index contributed by atoms with van der Waals surface area (Å²) >= 11 is 0. The zero-order chi connectivity index (χ0) is 10.4. The minimum absolute atomic E-state index is 0.233. The Morgan fingerprint density at radius 2 is 2.07 bits per heavy atom. The van der Waals surface area contributed by atoms with E-state index in [2.05, 4.69) is 0 Å². The molecule has 2 rings (SSSR count). The van der Waals surface area contributed by atoms with Gasteiger partial charge in [0, 0.05) is 6.07 Å². The summed E-state index contributed by atoms with van der Waals surface area (Å²) in [5.41, 5.74) is 0. The largest absolute Gasteiger partial charge is 0.493 e. The molecule has 1 aromatic rings. The number of halogens is 1. The summed E-state index contributed by atoms with van der Waals surface area (Å²) in [6, 6.07) is 6.29. The normalized spacial score (nSPS) is 14.2. The Morgan fingerprint density at radius 3 is 2.64 bits per heavy atom. The maximum atomic E-state index is 12.6. The van der Waals surface area contributed by atoms with Gasteiger partial charge in [0.05, 0.1) is 6.61 Å². The minimum Gasteiger partial charge on any atom is -0.493 e. The Labute approximate surface area is 84.9 Å². The van der Waals surface area contributed by atoms with Crippen molar-refractivity contribution < 1.29 is 9.13 Å². The summed E-state index contributed by atoms with van der Waals surface area (Å²) < 4.78 is 18.0. The molecule has 1 fully saturated rings. The Hall–Kier alpha value is -1.05. The van der Waals surface area contributed by atoms with Gasteiger partial charge in [0.2, 0.25) is 0 Å². The highest BCUT2D eigenvalue weighted by Gasteiger charge is 2.21. The van der Waals surface area contributed by atoms with E-state index in [1.807, 2.05) is 13.8 Å². The van der Waals surface area contributed by atoms with Crippen molar-refractivity contribution in [3.8, 4) is 5.75 Å². The predicted molar refractivity (Wildman–Crippen MR) is 56.0 cm³/mol. The molecular formula is C12H17FO. The van der Waals surface area contributed by atoms with Gasteiger partial charge in [0.15, 0.2) is 0 Å². The number of hydrogen-bond acceptors (Lipinski definition) is 1. The lowest BCUT2D eigenvalue weighted by atomic mass is 10.3. The van der Waals surface area contributed by atoms with Crippen molar-refractivity contribution in [2.75, 3.05) is 6.61 Å². The molecule has 1 aliphatic rings. The summed E-state index contributed by atoms with van der Waals surface area (Å²) in [6.07, 6.45) is 2.52. The molecule has 1 nitrogen and oxygen atoms in total. The fourth-order valence-corrected chi connectivity index (χ4v) is 1.06. The molecule has 0 saturated heterocycles. The zero-order valence-electron chi connectivity index (χ0n) is 8.79. The van der Waals surface area contributed by atoms with Crippen molar-refractivity contribution in [2.24, 2.45) is 5.92 Å². The van der Waals surface area contributed by atoms with Crippen molar-refractivity contribution in [1.29, 1.82) is 0 Å². The van der Waals surface area contributed by atoms with E-state index in [1.54, 1.807) is 12.1 Å². The molecule has 0 atom stereocenters. The van der Waals surface area contributed by atoms with E-state index in [1.165, 1.54) is 25.0 Å². The van der Waals surface area contributed by atoms with E-state index >= 15 is 0 Å². The molecule has 1 aromatic carbocycles. The maximum Gasteiger partial charge on any atom is 0.126 e. The van der Waals surface area contributed by atoms with Crippen molar-refractivity contribution in [3.63, 3.8) is 0 Å². The average molecular weight is 196 g/mol. The highest BCUT2D eigenvalue weighted by molar-refractivity contribution is 5.22. The molecule has 0 aliphatic heterocycles. The van der Waals surface area contributed by atoms with Crippen LogP contribution in [0.5, 0.6) is 5.75 Å². The van der Waals surface area contributed by atoms with Gasteiger partial charge in [-0.2, -0.15) is 0 Å². The van der Waals surface area contributed by atoms with E-state index in [4.69, 9.17) is 4.74 Å². The van der Waals surface area contributed by atoms with Gasteiger partial charge in [-0.15, -0.1) is 0 Å². The van der Waals surface area contributed by atoms with Crippen LogP contribution < -0.4 is 4.74 Å². The molecule has 0 heterocycles. The lowest BCUT2D eigenvalue weighted by molar-refractivity contribution is 0.298. The molecule has 14 heavy (non-hydrogen) atoms. The monoisotopic (exact) mass is 196 g/mol. The maximum absolute atomic E-state index is 12.6. The fourth-order valence-electron chi connectivity index (χ4n) is 1.06. The standard InChI is InChI=1S/C10H11FO.C2H6/c11-9-2-1-3-10(6-9)12-7-8-4-5-8;1-2/h1-3,6,8H,4-5,7H2;1-2H3. The predicted octanol–water partition coefficient (Wildman–Crippen LogP) is 3.64. The second kappa shape index (κ2) is 5.63. The number of benzene rings is 1. The summed E-state index contributed by atoms with van der Waals surface area (Å²) in [5.74, 6) is 1.12. The molecule has 0 radical (unpaired) electrons. The molecule has 0 unspecified atom stereocenters. The van der Waals surface area contributed by atoms with E-state index in [0.717, 1.165) is 6.61 Å². The Morgan fingerprint density at radius 1 is 1.36 bits per heavy atom. The molecule has 0 amide bonds. The first-order valence-corrected chi connectivity index (χ1v) is 5.23. The molecule has 0 bridgehead atoms. The van der Waals surface area contributed by atoms with E-state index in [9.17, 15) is 4.39 Å². The SMILES string of the molecule is CC.Fc1cccc(OCC2CC2)c1. The highest BCUT2D eigenvalue weighted by atomic mass is 19.1. The van der Waals surface area contributed by atoms with E-state index in [0.29, 0.717) is 11.7 Å². The summed E-state index contributed by atoms with van der Waals surface area (Å²) in [5, 5.41) is 0. The van der Waals surface area contributed by atoms with Gasteiger partial charge in [-0.3, -0.25) is 0 Å². The van der Waals surface area contributed by atoms with Crippen LogP contribution in [0.3, 0.4) is 0 Å². The molecule has 1 saturated carbocycles.